The van der Waals surface area contributed by atoms with Crippen LogP contribution in [-0.4, -0.2) is 42.9 Å². The van der Waals surface area contributed by atoms with Crippen molar-refractivity contribution in [2.24, 2.45) is 0 Å². The smallest absolute Gasteiger partial charge is 0.341 e. The second-order valence-electron chi connectivity index (χ2n) is 5.46. The van der Waals surface area contributed by atoms with Gasteiger partial charge in [0.15, 0.2) is 0 Å². The van der Waals surface area contributed by atoms with E-state index in [0.29, 0.717) is 36.3 Å². The number of pyridine rings is 1. The Labute approximate surface area is 124 Å². The van der Waals surface area contributed by atoms with E-state index in [1.54, 1.807) is 19.2 Å². The molecule has 0 aromatic carbocycles. The average molecular weight is 291 g/mol. The van der Waals surface area contributed by atoms with E-state index in [-0.39, 0.29) is 12.1 Å². The Hall–Kier alpha value is -1.82. The van der Waals surface area contributed by atoms with Gasteiger partial charge in [-0.25, -0.2) is 9.78 Å². The zero-order valence-electron chi connectivity index (χ0n) is 12.2. The van der Waals surface area contributed by atoms with Gasteiger partial charge in [-0.3, -0.25) is 0 Å². The second kappa shape index (κ2) is 5.89. The Bertz CT molecular complexity index is 535. The Morgan fingerprint density at radius 2 is 2.43 bits per heavy atom. The van der Waals surface area contributed by atoms with Gasteiger partial charge in [0, 0.05) is 6.54 Å². The normalized spacial score (nSPS) is 24.7. The number of fused-ring (bicyclic) bond motifs is 1. The molecule has 1 saturated carbocycles. The number of nitrogens with zero attached hydrogens (tertiary/aromatic N) is 2. The van der Waals surface area contributed by atoms with Gasteiger partial charge in [0.1, 0.15) is 11.4 Å². The summed E-state index contributed by atoms with van der Waals surface area (Å²) in [6.45, 7) is 3.53. The van der Waals surface area contributed by atoms with E-state index in [1.165, 1.54) is 0 Å². The lowest BCUT2D eigenvalue weighted by Crippen LogP contribution is -2.49. The lowest BCUT2D eigenvalue weighted by molar-refractivity contribution is 0.0250. The molecule has 1 aliphatic heterocycles. The minimum absolute atomic E-state index is 0.244. The fourth-order valence-electron chi connectivity index (χ4n) is 3.25. The monoisotopic (exact) mass is 291 g/mol. The van der Waals surface area contributed by atoms with Crippen molar-refractivity contribution in [2.75, 3.05) is 30.4 Å². The van der Waals surface area contributed by atoms with Crippen molar-refractivity contribution in [1.29, 1.82) is 0 Å². The van der Waals surface area contributed by atoms with Gasteiger partial charge >= 0.3 is 5.97 Å². The molecule has 6 heteroatoms. The Morgan fingerprint density at radius 3 is 3.24 bits per heavy atom. The first kappa shape index (κ1) is 14.1. The van der Waals surface area contributed by atoms with E-state index < -0.39 is 0 Å². The topological polar surface area (TPSA) is 77.7 Å². The van der Waals surface area contributed by atoms with Gasteiger partial charge in [-0.1, -0.05) is 0 Å². The standard InChI is InChI=1S/C15H21N3O3/c1-2-20-15(19)11-8-10(16)9-17-14(11)18-6-7-21-13-5-3-4-12(13)18/h8-9,12-13H,2-7,16H2,1H3. The third-order valence-electron chi connectivity index (χ3n) is 4.14. The fourth-order valence-corrected chi connectivity index (χ4v) is 3.25. The van der Waals surface area contributed by atoms with Gasteiger partial charge in [-0.05, 0) is 32.3 Å². The lowest BCUT2D eigenvalue weighted by atomic mass is 10.1. The van der Waals surface area contributed by atoms with Crippen LogP contribution in [0.1, 0.15) is 36.5 Å². The van der Waals surface area contributed by atoms with Gasteiger partial charge in [0.25, 0.3) is 0 Å². The van der Waals surface area contributed by atoms with Crippen LogP contribution in [0.5, 0.6) is 0 Å². The van der Waals surface area contributed by atoms with Crippen molar-refractivity contribution in [1.82, 2.24) is 4.98 Å². The molecule has 2 aliphatic rings. The number of ether oxygens (including phenoxy) is 2. The summed E-state index contributed by atoms with van der Waals surface area (Å²) in [4.78, 5) is 18.8. The summed E-state index contributed by atoms with van der Waals surface area (Å²) in [5.74, 6) is 0.302. The first-order valence-electron chi connectivity index (χ1n) is 7.51. The van der Waals surface area contributed by atoms with Crippen LogP contribution < -0.4 is 10.6 Å². The molecule has 114 valence electrons. The largest absolute Gasteiger partial charge is 0.462 e. The highest BCUT2D eigenvalue weighted by molar-refractivity contribution is 5.95. The summed E-state index contributed by atoms with van der Waals surface area (Å²) in [5.41, 5.74) is 6.70. The van der Waals surface area contributed by atoms with E-state index in [9.17, 15) is 4.79 Å². The number of hydrogen-bond acceptors (Lipinski definition) is 6. The molecule has 0 radical (unpaired) electrons. The number of esters is 1. The maximum Gasteiger partial charge on any atom is 0.341 e. The number of aromatic nitrogens is 1. The number of morpholine rings is 1. The van der Waals surface area contributed by atoms with Crippen molar-refractivity contribution in [3.63, 3.8) is 0 Å². The molecule has 0 spiro atoms. The van der Waals surface area contributed by atoms with E-state index in [4.69, 9.17) is 15.2 Å². The minimum Gasteiger partial charge on any atom is -0.462 e. The fraction of sp³-hybridized carbons (Fsp3) is 0.600. The van der Waals surface area contributed by atoms with Crippen molar-refractivity contribution in [3.8, 4) is 0 Å². The number of carbonyl (C=O) groups is 1. The molecule has 2 unspecified atom stereocenters. The zero-order chi connectivity index (χ0) is 14.8. The Kier molecular flexibility index (Phi) is 3.96. The lowest BCUT2D eigenvalue weighted by Gasteiger charge is -2.39. The summed E-state index contributed by atoms with van der Waals surface area (Å²) in [6, 6.07) is 1.95. The SMILES string of the molecule is CCOC(=O)c1cc(N)cnc1N1CCOC2CCCC21. The molecule has 3 rings (SSSR count). The molecule has 1 aromatic rings. The molecular formula is C15H21N3O3. The molecular weight excluding hydrogens is 270 g/mol. The van der Waals surface area contributed by atoms with Gasteiger partial charge in [0.05, 0.1) is 37.2 Å². The number of hydrogen-bond donors (Lipinski definition) is 1. The molecule has 0 amide bonds. The predicted molar refractivity (Wildman–Crippen MR) is 79.3 cm³/mol. The number of nitrogen functional groups attached to an aromatic ring is 1. The van der Waals surface area contributed by atoms with Crippen molar-refractivity contribution >= 4 is 17.5 Å². The molecule has 1 aromatic heterocycles. The second-order valence-corrected chi connectivity index (χ2v) is 5.46. The molecule has 2 heterocycles. The summed E-state index contributed by atoms with van der Waals surface area (Å²) in [6.07, 6.45) is 5.13. The van der Waals surface area contributed by atoms with Crippen LogP contribution in [0.2, 0.25) is 0 Å². The van der Waals surface area contributed by atoms with Crippen LogP contribution in [0.25, 0.3) is 0 Å². The third kappa shape index (κ3) is 2.68. The first-order valence-corrected chi connectivity index (χ1v) is 7.51. The highest BCUT2D eigenvalue weighted by Gasteiger charge is 2.38. The summed E-state index contributed by atoms with van der Waals surface area (Å²) >= 11 is 0. The Balaban J connectivity index is 1.95. The van der Waals surface area contributed by atoms with Crippen molar-refractivity contribution < 1.29 is 14.3 Å². The molecule has 0 bridgehead atoms. The number of anilines is 2. The van der Waals surface area contributed by atoms with Crippen LogP contribution in [-0.2, 0) is 9.47 Å². The zero-order valence-corrected chi connectivity index (χ0v) is 12.2. The van der Waals surface area contributed by atoms with Gasteiger partial charge in [-0.15, -0.1) is 0 Å². The summed E-state index contributed by atoms with van der Waals surface area (Å²) in [5, 5.41) is 0. The van der Waals surface area contributed by atoms with Crippen molar-refractivity contribution in [2.45, 2.75) is 38.3 Å². The minimum atomic E-state index is -0.367. The number of nitrogens with two attached hydrogens (primary N) is 1. The first-order chi connectivity index (χ1) is 10.2. The number of rotatable bonds is 3. The highest BCUT2D eigenvalue weighted by Crippen LogP contribution is 2.34. The van der Waals surface area contributed by atoms with Crippen LogP contribution in [0.15, 0.2) is 12.3 Å². The summed E-state index contributed by atoms with van der Waals surface area (Å²) in [7, 11) is 0. The van der Waals surface area contributed by atoms with Crippen LogP contribution in [0, 0.1) is 0 Å². The highest BCUT2D eigenvalue weighted by atomic mass is 16.5. The molecule has 1 saturated heterocycles. The quantitative estimate of drug-likeness (QED) is 0.852. The average Bonchev–Trinajstić information content (AvgIpc) is 2.96. The maximum atomic E-state index is 12.2. The van der Waals surface area contributed by atoms with Crippen LogP contribution in [0.3, 0.4) is 0 Å². The van der Waals surface area contributed by atoms with Crippen molar-refractivity contribution in [3.05, 3.63) is 17.8 Å². The molecule has 2 N–H and O–H groups in total. The van der Waals surface area contributed by atoms with E-state index in [0.717, 1.165) is 25.8 Å². The maximum absolute atomic E-state index is 12.2. The van der Waals surface area contributed by atoms with E-state index >= 15 is 0 Å². The molecule has 21 heavy (non-hydrogen) atoms. The predicted octanol–water partition coefficient (Wildman–Crippen LogP) is 1.60. The van der Waals surface area contributed by atoms with Crippen LogP contribution in [0.4, 0.5) is 11.5 Å². The Morgan fingerprint density at radius 1 is 1.57 bits per heavy atom. The number of carbonyl (C=O) groups excluding carboxylic acids is 1. The van der Waals surface area contributed by atoms with Crippen LogP contribution >= 0.6 is 0 Å². The van der Waals surface area contributed by atoms with Gasteiger partial charge < -0.3 is 20.1 Å². The van der Waals surface area contributed by atoms with Gasteiger partial charge in [-0.2, -0.15) is 0 Å². The van der Waals surface area contributed by atoms with E-state index in [1.807, 2.05) is 0 Å². The third-order valence-corrected chi connectivity index (χ3v) is 4.14. The summed E-state index contributed by atoms with van der Waals surface area (Å²) < 4.78 is 10.9. The molecule has 6 nitrogen and oxygen atoms in total. The van der Waals surface area contributed by atoms with Gasteiger partial charge in [0.2, 0.25) is 0 Å². The molecule has 2 fully saturated rings. The molecule has 1 aliphatic carbocycles. The molecule has 2 atom stereocenters. The van der Waals surface area contributed by atoms with E-state index in [2.05, 4.69) is 9.88 Å².